The van der Waals surface area contributed by atoms with E-state index in [0.717, 1.165) is 11.3 Å². The Labute approximate surface area is 74.7 Å². The number of thioether (sulfide) groups is 1. The fourth-order valence-electron chi connectivity index (χ4n) is 1.18. The fourth-order valence-corrected chi connectivity index (χ4v) is 1.66. The van der Waals surface area contributed by atoms with Crippen molar-refractivity contribution in [2.75, 3.05) is 6.26 Å². The molecule has 0 unspecified atom stereocenters. The van der Waals surface area contributed by atoms with Crippen molar-refractivity contribution in [1.82, 2.24) is 0 Å². The number of para-hydroxylation sites is 1. The van der Waals surface area contributed by atoms with Crippen LogP contribution in [-0.4, -0.2) is 17.1 Å². The van der Waals surface area contributed by atoms with Crippen LogP contribution in [0.4, 0.5) is 5.69 Å². The molecule has 1 aliphatic heterocycles. The van der Waals surface area contributed by atoms with Crippen molar-refractivity contribution >= 4 is 28.3 Å². The highest BCUT2D eigenvalue weighted by Crippen LogP contribution is 2.28. The highest BCUT2D eigenvalue weighted by Gasteiger charge is 2.22. The van der Waals surface area contributed by atoms with E-state index in [1.165, 1.54) is 11.8 Å². The summed E-state index contributed by atoms with van der Waals surface area (Å²) in [5, 5.41) is 0.594. The number of nitrogens with zero attached hydrogens (tertiary/aromatic N) is 1. The topological polar surface area (TPSA) is 29.4 Å². The molecule has 0 amide bonds. The third-order valence-corrected chi connectivity index (χ3v) is 2.42. The summed E-state index contributed by atoms with van der Waals surface area (Å²) in [6.45, 7) is 0. The highest BCUT2D eigenvalue weighted by atomic mass is 32.2. The monoisotopic (exact) mass is 177 g/mol. The van der Waals surface area contributed by atoms with Gasteiger partial charge in [0, 0.05) is 0 Å². The third kappa shape index (κ3) is 0.975. The number of rotatable bonds is 0. The summed E-state index contributed by atoms with van der Waals surface area (Å²) in [6, 6.07) is 7.41. The maximum atomic E-state index is 11.5. The van der Waals surface area contributed by atoms with Gasteiger partial charge in [0.25, 0.3) is 0 Å². The Morgan fingerprint density at radius 3 is 2.75 bits per heavy atom. The lowest BCUT2D eigenvalue weighted by molar-refractivity contribution is 0.107. The molecule has 0 aliphatic carbocycles. The molecular formula is C9H7NOS. The highest BCUT2D eigenvalue weighted by molar-refractivity contribution is 8.15. The zero-order valence-electron chi connectivity index (χ0n) is 6.57. The summed E-state index contributed by atoms with van der Waals surface area (Å²) < 4.78 is 0. The van der Waals surface area contributed by atoms with Crippen molar-refractivity contribution < 1.29 is 4.79 Å². The molecule has 0 spiro atoms. The van der Waals surface area contributed by atoms with E-state index in [4.69, 9.17) is 0 Å². The molecule has 1 aromatic carbocycles. The minimum atomic E-state index is 0.0538. The summed E-state index contributed by atoms with van der Waals surface area (Å²) in [6.07, 6.45) is 1.86. The van der Waals surface area contributed by atoms with E-state index in [0.29, 0.717) is 5.04 Å². The summed E-state index contributed by atoms with van der Waals surface area (Å²) >= 11 is 1.40. The van der Waals surface area contributed by atoms with Crippen LogP contribution in [0.1, 0.15) is 10.4 Å². The standard InChI is InChI=1S/C9H7NOS/c1-12-9-8(11)6-4-2-3-5-7(6)10-9/h2-5H,1H3. The number of benzene rings is 1. The number of hydrogen-bond acceptors (Lipinski definition) is 3. The van der Waals surface area contributed by atoms with Gasteiger partial charge in [0.2, 0.25) is 5.78 Å². The van der Waals surface area contributed by atoms with Gasteiger partial charge in [-0.2, -0.15) is 0 Å². The molecule has 1 heterocycles. The van der Waals surface area contributed by atoms with Crippen molar-refractivity contribution in [3.63, 3.8) is 0 Å². The van der Waals surface area contributed by atoms with Crippen molar-refractivity contribution in [2.45, 2.75) is 0 Å². The number of carbonyl (C=O) groups is 1. The van der Waals surface area contributed by atoms with E-state index in [-0.39, 0.29) is 5.78 Å². The van der Waals surface area contributed by atoms with Gasteiger partial charge >= 0.3 is 0 Å². The molecule has 0 radical (unpaired) electrons. The van der Waals surface area contributed by atoms with Gasteiger partial charge in [-0.25, -0.2) is 4.99 Å². The van der Waals surface area contributed by atoms with Crippen LogP contribution in [0.5, 0.6) is 0 Å². The van der Waals surface area contributed by atoms with E-state index in [9.17, 15) is 4.79 Å². The van der Waals surface area contributed by atoms with E-state index in [1.807, 2.05) is 30.5 Å². The predicted octanol–water partition coefficient (Wildman–Crippen LogP) is 2.28. The van der Waals surface area contributed by atoms with E-state index in [2.05, 4.69) is 4.99 Å². The van der Waals surface area contributed by atoms with Gasteiger partial charge in [0.1, 0.15) is 5.04 Å². The van der Waals surface area contributed by atoms with Crippen LogP contribution in [0.25, 0.3) is 0 Å². The average molecular weight is 177 g/mol. The molecule has 2 nitrogen and oxygen atoms in total. The van der Waals surface area contributed by atoms with Crippen LogP contribution >= 0.6 is 11.8 Å². The summed E-state index contributed by atoms with van der Waals surface area (Å²) in [7, 11) is 0. The van der Waals surface area contributed by atoms with Crippen molar-refractivity contribution in [3.05, 3.63) is 29.8 Å². The smallest absolute Gasteiger partial charge is 0.220 e. The molecular weight excluding hydrogens is 170 g/mol. The Hall–Kier alpha value is -1.09. The molecule has 0 N–H and O–H groups in total. The third-order valence-electron chi connectivity index (χ3n) is 1.76. The molecule has 3 heteroatoms. The van der Waals surface area contributed by atoms with Crippen molar-refractivity contribution in [3.8, 4) is 0 Å². The molecule has 0 atom stereocenters. The first kappa shape index (κ1) is 7.55. The Morgan fingerprint density at radius 2 is 2.08 bits per heavy atom. The number of fused-ring (bicyclic) bond motifs is 1. The number of carbonyl (C=O) groups excluding carboxylic acids is 1. The molecule has 2 rings (SSSR count). The first-order chi connectivity index (χ1) is 5.83. The molecule has 0 fully saturated rings. The summed E-state index contributed by atoms with van der Waals surface area (Å²) in [5.74, 6) is 0.0538. The maximum Gasteiger partial charge on any atom is 0.220 e. The van der Waals surface area contributed by atoms with Crippen molar-refractivity contribution in [2.24, 2.45) is 4.99 Å². The van der Waals surface area contributed by atoms with Gasteiger partial charge in [0.15, 0.2) is 0 Å². The lowest BCUT2D eigenvalue weighted by Crippen LogP contribution is -2.03. The minimum absolute atomic E-state index is 0.0538. The molecule has 0 bridgehead atoms. The molecule has 1 aromatic rings. The predicted molar refractivity (Wildman–Crippen MR) is 51.4 cm³/mol. The fraction of sp³-hybridized carbons (Fsp3) is 0.111. The number of aliphatic imine (C=N–C) groups is 1. The Balaban J connectivity index is 2.54. The molecule has 12 heavy (non-hydrogen) atoms. The number of hydrogen-bond donors (Lipinski definition) is 0. The van der Waals surface area contributed by atoms with Gasteiger partial charge in [0.05, 0.1) is 11.3 Å². The second-order valence-corrected chi connectivity index (χ2v) is 3.26. The molecule has 0 aromatic heterocycles. The zero-order valence-corrected chi connectivity index (χ0v) is 7.39. The maximum absolute atomic E-state index is 11.5. The van der Waals surface area contributed by atoms with E-state index < -0.39 is 0 Å². The molecule has 60 valence electrons. The minimum Gasteiger partial charge on any atom is -0.286 e. The van der Waals surface area contributed by atoms with Gasteiger partial charge in [-0.3, -0.25) is 4.79 Å². The van der Waals surface area contributed by atoms with Crippen LogP contribution < -0.4 is 0 Å². The lowest BCUT2D eigenvalue weighted by Gasteiger charge is -1.91. The lowest BCUT2D eigenvalue weighted by atomic mass is 10.1. The van der Waals surface area contributed by atoms with E-state index >= 15 is 0 Å². The summed E-state index contributed by atoms with van der Waals surface area (Å²) in [5.41, 5.74) is 1.52. The van der Waals surface area contributed by atoms with Crippen LogP contribution in [0.3, 0.4) is 0 Å². The Bertz CT molecular complexity index is 371. The number of Topliss-reactive ketones (excluding diaryl/α,β-unsaturated/α-hetero) is 1. The van der Waals surface area contributed by atoms with Gasteiger partial charge in [-0.1, -0.05) is 12.1 Å². The van der Waals surface area contributed by atoms with Gasteiger partial charge < -0.3 is 0 Å². The van der Waals surface area contributed by atoms with Crippen LogP contribution in [0, 0.1) is 0 Å². The zero-order chi connectivity index (χ0) is 8.55. The summed E-state index contributed by atoms with van der Waals surface area (Å²) in [4.78, 5) is 15.7. The van der Waals surface area contributed by atoms with Crippen LogP contribution in [0.2, 0.25) is 0 Å². The normalized spacial score (nSPS) is 14.4. The van der Waals surface area contributed by atoms with Gasteiger partial charge in [-0.15, -0.1) is 11.8 Å². The van der Waals surface area contributed by atoms with Crippen LogP contribution in [-0.2, 0) is 0 Å². The average Bonchev–Trinajstić information content (AvgIpc) is 2.44. The molecule has 0 saturated carbocycles. The quantitative estimate of drug-likeness (QED) is 0.608. The first-order valence-electron chi connectivity index (χ1n) is 3.59. The second kappa shape index (κ2) is 2.75. The second-order valence-electron chi connectivity index (χ2n) is 2.47. The Kier molecular flexibility index (Phi) is 1.73. The molecule has 0 saturated heterocycles. The van der Waals surface area contributed by atoms with Crippen molar-refractivity contribution in [1.29, 1.82) is 0 Å². The molecule has 1 aliphatic rings. The SMILES string of the molecule is CSC1=Nc2ccccc2C1=O. The van der Waals surface area contributed by atoms with E-state index in [1.54, 1.807) is 0 Å². The van der Waals surface area contributed by atoms with Crippen LogP contribution in [0.15, 0.2) is 29.3 Å². The Morgan fingerprint density at radius 1 is 1.33 bits per heavy atom. The largest absolute Gasteiger partial charge is 0.286 e. The first-order valence-corrected chi connectivity index (χ1v) is 4.82. The van der Waals surface area contributed by atoms with Gasteiger partial charge in [-0.05, 0) is 18.4 Å². The number of ketones is 1.